The fourth-order valence-corrected chi connectivity index (χ4v) is 2.81. The van der Waals surface area contributed by atoms with Gasteiger partial charge in [0.2, 0.25) is 0 Å². The molecule has 1 aliphatic heterocycles. The summed E-state index contributed by atoms with van der Waals surface area (Å²) in [7, 11) is 0. The van der Waals surface area contributed by atoms with E-state index in [9.17, 15) is 0 Å². The van der Waals surface area contributed by atoms with Crippen molar-refractivity contribution < 1.29 is 0 Å². The summed E-state index contributed by atoms with van der Waals surface area (Å²) in [6.07, 6.45) is 4.75. The minimum atomic E-state index is 0.114. The number of aromatic nitrogens is 3. The quantitative estimate of drug-likeness (QED) is 0.905. The van der Waals surface area contributed by atoms with Crippen molar-refractivity contribution in [2.24, 2.45) is 5.92 Å². The molecule has 2 rings (SSSR count). The lowest BCUT2D eigenvalue weighted by atomic mass is 9.95. The van der Waals surface area contributed by atoms with E-state index >= 15 is 0 Å². The summed E-state index contributed by atoms with van der Waals surface area (Å²) >= 11 is 0. The van der Waals surface area contributed by atoms with Gasteiger partial charge < -0.3 is 5.32 Å². The van der Waals surface area contributed by atoms with E-state index in [1.54, 1.807) is 0 Å². The van der Waals surface area contributed by atoms with Gasteiger partial charge in [-0.1, -0.05) is 12.1 Å². The summed E-state index contributed by atoms with van der Waals surface area (Å²) in [5.41, 5.74) is 1.13. The zero-order valence-electron chi connectivity index (χ0n) is 14.3. The predicted octanol–water partition coefficient (Wildman–Crippen LogP) is 2.29. The SMILES string of the molecule is CC1CCC(C)N(CCn2cc(CNC(C)(C)C)nn2)C1. The average Bonchev–Trinajstić information content (AvgIpc) is 2.85. The first-order chi connectivity index (χ1) is 9.83. The van der Waals surface area contributed by atoms with Gasteiger partial charge in [0.05, 0.1) is 12.2 Å². The van der Waals surface area contributed by atoms with E-state index in [-0.39, 0.29) is 5.54 Å². The summed E-state index contributed by atoms with van der Waals surface area (Å²) in [5, 5.41) is 11.9. The minimum Gasteiger partial charge on any atom is -0.306 e. The van der Waals surface area contributed by atoms with E-state index in [2.05, 4.69) is 61.3 Å². The fraction of sp³-hybridized carbons (Fsp3) is 0.875. The number of hydrogen-bond donors (Lipinski definition) is 1. The van der Waals surface area contributed by atoms with Crippen LogP contribution in [0.1, 0.15) is 53.2 Å². The van der Waals surface area contributed by atoms with Gasteiger partial charge in [-0.15, -0.1) is 5.10 Å². The largest absolute Gasteiger partial charge is 0.306 e. The summed E-state index contributed by atoms with van der Waals surface area (Å²) in [5.74, 6) is 0.823. The molecule has 1 aliphatic rings. The first kappa shape index (κ1) is 16.4. The molecule has 1 fully saturated rings. The molecule has 0 saturated carbocycles. The van der Waals surface area contributed by atoms with E-state index < -0.39 is 0 Å². The van der Waals surface area contributed by atoms with E-state index in [0.717, 1.165) is 31.2 Å². The number of rotatable bonds is 5. The van der Waals surface area contributed by atoms with Crippen LogP contribution < -0.4 is 5.32 Å². The van der Waals surface area contributed by atoms with E-state index in [1.807, 2.05) is 4.68 Å². The highest BCUT2D eigenvalue weighted by molar-refractivity contribution is 4.93. The molecular weight excluding hydrogens is 262 g/mol. The van der Waals surface area contributed by atoms with Crippen molar-refractivity contribution in [1.82, 2.24) is 25.2 Å². The molecule has 1 aromatic heterocycles. The second kappa shape index (κ2) is 6.88. The van der Waals surface area contributed by atoms with Gasteiger partial charge >= 0.3 is 0 Å². The van der Waals surface area contributed by atoms with Crippen molar-refractivity contribution in [3.63, 3.8) is 0 Å². The van der Waals surface area contributed by atoms with E-state index in [1.165, 1.54) is 19.4 Å². The zero-order valence-corrected chi connectivity index (χ0v) is 14.3. The zero-order chi connectivity index (χ0) is 15.5. The minimum absolute atomic E-state index is 0.114. The van der Waals surface area contributed by atoms with Gasteiger partial charge in [0.15, 0.2) is 0 Å². The van der Waals surface area contributed by atoms with Crippen LogP contribution in [0.4, 0.5) is 0 Å². The van der Waals surface area contributed by atoms with Crippen LogP contribution in [0.5, 0.6) is 0 Å². The van der Waals surface area contributed by atoms with Crippen LogP contribution in [0.15, 0.2) is 6.20 Å². The third kappa shape index (κ3) is 5.40. The van der Waals surface area contributed by atoms with Crippen molar-refractivity contribution in [3.05, 3.63) is 11.9 Å². The number of piperidine rings is 1. The molecule has 0 bridgehead atoms. The molecule has 0 radical (unpaired) electrons. The maximum absolute atomic E-state index is 4.25. The predicted molar refractivity (Wildman–Crippen MR) is 86.0 cm³/mol. The Hall–Kier alpha value is -0.940. The smallest absolute Gasteiger partial charge is 0.0965 e. The Labute approximate surface area is 129 Å². The van der Waals surface area contributed by atoms with E-state index in [0.29, 0.717) is 6.04 Å². The van der Waals surface area contributed by atoms with Crippen LogP contribution in [0.25, 0.3) is 0 Å². The third-order valence-corrected chi connectivity index (χ3v) is 4.25. The average molecular weight is 293 g/mol. The van der Waals surface area contributed by atoms with Gasteiger partial charge in [0, 0.05) is 37.4 Å². The van der Waals surface area contributed by atoms with Crippen molar-refractivity contribution in [1.29, 1.82) is 0 Å². The Bertz CT molecular complexity index is 434. The van der Waals surface area contributed by atoms with Crippen LogP contribution >= 0.6 is 0 Å². The number of hydrogen-bond acceptors (Lipinski definition) is 4. The summed E-state index contributed by atoms with van der Waals surface area (Å²) in [6, 6.07) is 0.701. The molecular formula is C16H31N5. The monoisotopic (exact) mass is 293 g/mol. The molecule has 0 aliphatic carbocycles. The molecule has 0 amide bonds. The number of nitrogens with one attached hydrogen (secondary N) is 1. The van der Waals surface area contributed by atoms with Crippen LogP contribution in [0, 0.1) is 5.92 Å². The molecule has 1 aromatic rings. The first-order valence-corrected chi connectivity index (χ1v) is 8.21. The Kier molecular flexibility index (Phi) is 5.38. The van der Waals surface area contributed by atoms with E-state index in [4.69, 9.17) is 0 Å². The molecule has 1 N–H and O–H groups in total. The van der Waals surface area contributed by atoms with Gasteiger partial charge in [-0.2, -0.15) is 0 Å². The van der Waals surface area contributed by atoms with Crippen molar-refractivity contribution in [2.45, 2.75) is 72.1 Å². The topological polar surface area (TPSA) is 46.0 Å². The second-order valence-corrected chi connectivity index (χ2v) is 7.60. The molecule has 1 saturated heterocycles. The number of nitrogens with zero attached hydrogens (tertiary/aromatic N) is 4. The maximum Gasteiger partial charge on any atom is 0.0965 e. The van der Waals surface area contributed by atoms with Crippen molar-refractivity contribution in [3.8, 4) is 0 Å². The molecule has 120 valence electrons. The van der Waals surface area contributed by atoms with Crippen LogP contribution in [-0.4, -0.2) is 44.6 Å². The lowest BCUT2D eigenvalue weighted by molar-refractivity contribution is 0.119. The van der Waals surface area contributed by atoms with Gasteiger partial charge in [0.1, 0.15) is 0 Å². The molecule has 2 atom stereocenters. The maximum atomic E-state index is 4.25. The molecule has 21 heavy (non-hydrogen) atoms. The summed E-state index contributed by atoms with van der Waals surface area (Å²) < 4.78 is 1.98. The molecule has 5 nitrogen and oxygen atoms in total. The molecule has 5 heteroatoms. The van der Waals surface area contributed by atoms with Gasteiger partial charge in [-0.3, -0.25) is 9.58 Å². The van der Waals surface area contributed by atoms with Crippen molar-refractivity contribution in [2.75, 3.05) is 13.1 Å². The van der Waals surface area contributed by atoms with Crippen LogP contribution in [0.2, 0.25) is 0 Å². The Balaban J connectivity index is 1.79. The third-order valence-electron chi connectivity index (χ3n) is 4.25. The number of likely N-dealkylation sites (tertiary alicyclic amines) is 1. The normalized spacial score (nSPS) is 24.4. The standard InChI is InChI=1S/C16H31N5/c1-13-6-7-14(2)20(11-13)8-9-21-12-15(18-19-21)10-17-16(3,4)5/h12-14,17H,6-11H2,1-5H3. The van der Waals surface area contributed by atoms with Crippen molar-refractivity contribution >= 4 is 0 Å². The summed E-state index contributed by atoms with van der Waals surface area (Å²) in [6.45, 7) is 15.2. The lowest BCUT2D eigenvalue weighted by Gasteiger charge is -2.36. The highest BCUT2D eigenvalue weighted by atomic mass is 15.4. The molecule has 0 aromatic carbocycles. The molecule has 0 spiro atoms. The van der Waals surface area contributed by atoms with Gasteiger partial charge in [0.25, 0.3) is 0 Å². The van der Waals surface area contributed by atoms with Crippen LogP contribution in [0.3, 0.4) is 0 Å². The first-order valence-electron chi connectivity index (χ1n) is 8.21. The second-order valence-electron chi connectivity index (χ2n) is 7.60. The van der Waals surface area contributed by atoms with Gasteiger partial charge in [-0.25, -0.2) is 0 Å². The fourth-order valence-electron chi connectivity index (χ4n) is 2.81. The molecule has 2 unspecified atom stereocenters. The Morgan fingerprint density at radius 3 is 2.71 bits per heavy atom. The Morgan fingerprint density at radius 1 is 1.24 bits per heavy atom. The summed E-state index contributed by atoms with van der Waals surface area (Å²) in [4.78, 5) is 2.59. The Morgan fingerprint density at radius 2 is 2.00 bits per heavy atom. The molecule has 2 heterocycles. The van der Waals surface area contributed by atoms with Gasteiger partial charge in [-0.05, 0) is 46.5 Å². The van der Waals surface area contributed by atoms with Crippen LogP contribution in [-0.2, 0) is 13.1 Å². The highest BCUT2D eigenvalue weighted by Crippen LogP contribution is 2.20. The highest BCUT2D eigenvalue weighted by Gasteiger charge is 2.22. The lowest BCUT2D eigenvalue weighted by Crippen LogP contribution is -2.42.